The number of ether oxygens (including phenoxy) is 1. The lowest BCUT2D eigenvalue weighted by Gasteiger charge is -2.13. The van der Waals surface area contributed by atoms with Crippen molar-refractivity contribution in [3.8, 4) is 0 Å². The second kappa shape index (κ2) is 4.30. The standard InChI is InChI=1S/C8H16N2O2/c1-2-4-10-5-3-7(6-10)12-8(9)11/h7H,2-6H2,1H3,(H2,9,11)/t7-/m1/s1. The van der Waals surface area contributed by atoms with Crippen LogP contribution in [0, 0.1) is 0 Å². The molecule has 0 aromatic carbocycles. The molecule has 1 atom stereocenters. The van der Waals surface area contributed by atoms with Gasteiger partial charge in [0.15, 0.2) is 0 Å². The van der Waals surface area contributed by atoms with Gasteiger partial charge in [-0.25, -0.2) is 4.79 Å². The third-order valence-corrected chi connectivity index (χ3v) is 2.05. The van der Waals surface area contributed by atoms with E-state index in [4.69, 9.17) is 10.5 Å². The van der Waals surface area contributed by atoms with Crippen molar-refractivity contribution in [2.75, 3.05) is 19.6 Å². The minimum atomic E-state index is -0.654. The summed E-state index contributed by atoms with van der Waals surface area (Å²) >= 11 is 0. The molecule has 1 aliphatic heterocycles. The highest BCUT2D eigenvalue weighted by atomic mass is 16.6. The molecule has 0 saturated carbocycles. The van der Waals surface area contributed by atoms with Gasteiger partial charge in [0.2, 0.25) is 0 Å². The van der Waals surface area contributed by atoms with Gasteiger partial charge in [0, 0.05) is 13.1 Å². The van der Waals surface area contributed by atoms with Gasteiger partial charge in [0.1, 0.15) is 6.10 Å². The molecule has 1 aliphatic rings. The third kappa shape index (κ3) is 2.70. The van der Waals surface area contributed by atoms with Crippen LogP contribution < -0.4 is 5.73 Å². The van der Waals surface area contributed by atoms with Gasteiger partial charge >= 0.3 is 6.09 Å². The van der Waals surface area contributed by atoms with Crippen LogP contribution in [0.15, 0.2) is 0 Å². The predicted octanol–water partition coefficient (Wildman–Crippen LogP) is 0.566. The lowest BCUT2D eigenvalue weighted by Crippen LogP contribution is -2.27. The fraction of sp³-hybridized carbons (Fsp3) is 0.875. The van der Waals surface area contributed by atoms with Gasteiger partial charge in [-0.05, 0) is 19.4 Å². The molecule has 0 aliphatic carbocycles. The number of hydrogen-bond donors (Lipinski definition) is 1. The Morgan fingerprint density at radius 1 is 1.75 bits per heavy atom. The number of carbonyl (C=O) groups excluding carboxylic acids is 1. The Bertz CT molecular complexity index is 161. The minimum Gasteiger partial charge on any atom is -0.445 e. The highest BCUT2D eigenvalue weighted by molar-refractivity contribution is 5.64. The van der Waals surface area contributed by atoms with E-state index in [9.17, 15) is 4.79 Å². The first kappa shape index (κ1) is 9.32. The normalized spacial score (nSPS) is 24.2. The molecule has 1 heterocycles. The van der Waals surface area contributed by atoms with Gasteiger partial charge in [-0.2, -0.15) is 0 Å². The van der Waals surface area contributed by atoms with Gasteiger partial charge in [-0.1, -0.05) is 6.92 Å². The summed E-state index contributed by atoms with van der Waals surface area (Å²) in [6.45, 7) is 5.09. The van der Waals surface area contributed by atoms with Crippen molar-refractivity contribution in [1.29, 1.82) is 0 Å². The van der Waals surface area contributed by atoms with Crippen molar-refractivity contribution < 1.29 is 9.53 Å². The first-order chi connectivity index (χ1) is 5.72. The summed E-state index contributed by atoms with van der Waals surface area (Å²) in [6, 6.07) is 0. The van der Waals surface area contributed by atoms with Crippen LogP contribution in [0.5, 0.6) is 0 Å². The van der Waals surface area contributed by atoms with Gasteiger partial charge in [0.25, 0.3) is 0 Å². The Hall–Kier alpha value is -0.770. The largest absolute Gasteiger partial charge is 0.445 e. The first-order valence-corrected chi connectivity index (χ1v) is 4.40. The third-order valence-electron chi connectivity index (χ3n) is 2.05. The van der Waals surface area contributed by atoms with E-state index >= 15 is 0 Å². The summed E-state index contributed by atoms with van der Waals surface area (Å²) in [5.74, 6) is 0. The van der Waals surface area contributed by atoms with Gasteiger partial charge in [0.05, 0.1) is 0 Å². The van der Waals surface area contributed by atoms with Crippen molar-refractivity contribution in [3.05, 3.63) is 0 Å². The van der Waals surface area contributed by atoms with Crippen LogP contribution in [-0.2, 0) is 4.74 Å². The maximum atomic E-state index is 10.4. The fourth-order valence-corrected chi connectivity index (χ4v) is 1.58. The van der Waals surface area contributed by atoms with Crippen molar-refractivity contribution in [3.63, 3.8) is 0 Å². The molecule has 12 heavy (non-hydrogen) atoms. The molecule has 0 radical (unpaired) electrons. The number of rotatable bonds is 3. The molecule has 1 saturated heterocycles. The number of amides is 1. The van der Waals surface area contributed by atoms with Crippen LogP contribution in [0.1, 0.15) is 19.8 Å². The van der Waals surface area contributed by atoms with Crippen LogP contribution in [-0.4, -0.2) is 36.7 Å². The van der Waals surface area contributed by atoms with Gasteiger partial charge in [-0.3, -0.25) is 4.90 Å². The summed E-state index contributed by atoms with van der Waals surface area (Å²) in [6.07, 6.45) is 1.43. The Morgan fingerprint density at radius 2 is 2.50 bits per heavy atom. The zero-order valence-corrected chi connectivity index (χ0v) is 7.45. The number of hydrogen-bond acceptors (Lipinski definition) is 3. The predicted molar refractivity (Wildman–Crippen MR) is 45.8 cm³/mol. The van der Waals surface area contributed by atoms with E-state index in [1.54, 1.807) is 0 Å². The zero-order chi connectivity index (χ0) is 8.97. The van der Waals surface area contributed by atoms with Crippen molar-refractivity contribution in [1.82, 2.24) is 4.90 Å². The maximum Gasteiger partial charge on any atom is 0.404 e. The quantitative estimate of drug-likeness (QED) is 0.677. The highest BCUT2D eigenvalue weighted by Crippen LogP contribution is 2.12. The second-order valence-electron chi connectivity index (χ2n) is 3.15. The van der Waals surface area contributed by atoms with Gasteiger partial charge in [-0.15, -0.1) is 0 Å². The molecule has 0 aromatic rings. The van der Waals surface area contributed by atoms with Gasteiger partial charge < -0.3 is 10.5 Å². The van der Waals surface area contributed by atoms with E-state index in [2.05, 4.69) is 11.8 Å². The Labute approximate surface area is 72.7 Å². The van der Waals surface area contributed by atoms with E-state index < -0.39 is 6.09 Å². The smallest absolute Gasteiger partial charge is 0.404 e. The molecule has 1 amide bonds. The summed E-state index contributed by atoms with van der Waals surface area (Å²) in [5.41, 5.74) is 4.91. The zero-order valence-electron chi connectivity index (χ0n) is 7.45. The topological polar surface area (TPSA) is 55.6 Å². The van der Waals surface area contributed by atoms with E-state index in [1.807, 2.05) is 0 Å². The molecule has 4 nitrogen and oxygen atoms in total. The molecule has 0 unspecified atom stereocenters. The average Bonchev–Trinajstić information content (AvgIpc) is 2.36. The first-order valence-electron chi connectivity index (χ1n) is 4.40. The average molecular weight is 172 g/mol. The second-order valence-corrected chi connectivity index (χ2v) is 3.15. The van der Waals surface area contributed by atoms with Crippen LogP contribution in [0.4, 0.5) is 4.79 Å². The number of carbonyl (C=O) groups is 1. The monoisotopic (exact) mass is 172 g/mol. The number of nitrogens with zero attached hydrogens (tertiary/aromatic N) is 1. The summed E-state index contributed by atoms with van der Waals surface area (Å²) in [4.78, 5) is 12.7. The van der Waals surface area contributed by atoms with Crippen molar-refractivity contribution in [2.45, 2.75) is 25.9 Å². The number of primary amides is 1. The highest BCUT2D eigenvalue weighted by Gasteiger charge is 2.23. The molecule has 0 aromatic heterocycles. The Balaban J connectivity index is 2.21. The Morgan fingerprint density at radius 3 is 3.08 bits per heavy atom. The van der Waals surface area contributed by atoms with E-state index in [1.165, 1.54) is 0 Å². The van der Waals surface area contributed by atoms with Crippen LogP contribution >= 0.6 is 0 Å². The van der Waals surface area contributed by atoms with Crippen LogP contribution in [0.3, 0.4) is 0 Å². The van der Waals surface area contributed by atoms with Crippen molar-refractivity contribution in [2.24, 2.45) is 5.73 Å². The lowest BCUT2D eigenvalue weighted by molar-refractivity contribution is 0.109. The fourth-order valence-electron chi connectivity index (χ4n) is 1.58. The summed E-state index contributed by atoms with van der Waals surface area (Å²) < 4.78 is 4.88. The van der Waals surface area contributed by atoms with Crippen LogP contribution in [0.25, 0.3) is 0 Å². The van der Waals surface area contributed by atoms with E-state index in [-0.39, 0.29) is 6.10 Å². The van der Waals surface area contributed by atoms with Crippen molar-refractivity contribution >= 4 is 6.09 Å². The summed E-state index contributed by atoms with van der Waals surface area (Å²) in [7, 11) is 0. The lowest BCUT2D eigenvalue weighted by atomic mass is 10.3. The van der Waals surface area contributed by atoms with E-state index in [0.29, 0.717) is 0 Å². The van der Waals surface area contributed by atoms with Crippen LogP contribution in [0.2, 0.25) is 0 Å². The molecule has 1 fully saturated rings. The molecule has 0 bridgehead atoms. The SMILES string of the molecule is CCCN1CC[C@@H](OC(N)=O)C1. The molecular formula is C8H16N2O2. The molecule has 1 rings (SSSR count). The Kier molecular flexibility index (Phi) is 3.34. The number of likely N-dealkylation sites (tertiary alicyclic amines) is 1. The molecule has 2 N–H and O–H groups in total. The molecular weight excluding hydrogens is 156 g/mol. The molecule has 0 spiro atoms. The van der Waals surface area contributed by atoms with E-state index in [0.717, 1.165) is 32.5 Å². The maximum absolute atomic E-state index is 10.4. The minimum absolute atomic E-state index is 0.0223. The summed E-state index contributed by atoms with van der Waals surface area (Å²) in [5, 5.41) is 0. The molecule has 70 valence electrons. The number of nitrogens with two attached hydrogens (primary N) is 1. The molecule has 4 heteroatoms.